The molecule has 14 aliphatic rings. The van der Waals surface area contributed by atoms with Gasteiger partial charge in [-0.05, 0) is 102 Å². The average molecular weight is 1100 g/mol. The van der Waals surface area contributed by atoms with Crippen molar-refractivity contribution < 1.29 is 8.97 Å². The van der Waals surface area contributed by atoms with Gasteiger partial charge in [0.15, 0.2) is 12.3 Å². The summed E-state index contributed by atoms with van der Waals surface area (Å²) in [6, 6.07) is 19.8. The van der Waals surface area contributed by atoms with Crippen LogP contribution < -0.4 is 10.6 Å². The van der Waals surface area contributed by atoms with Crippen molar-refractivity contribution in [1.29, 1.82) is 0 Å². The van der Waals surface area contributed by atoms with Crippen LogP contribution in [0.2, 0.25) is 0 Å². The number of piperazine rings is 6. The minimum absolute atomic E-state index is 0.655. The van der Waals surface area contributed by atoms with Crippen LogP contribution in [0.3, 0.4) is 0 Å². The third kappa shape index (κ3) is 13.4. The van der Waals surface area contributed by atoms with Gasteiger partial charge in [0.1, 0.15) is 25.4 Å². The van der Waals surface area contributed by atoms with Crippen LogP contribution in [0, 0.1) is 0 Å². The first-order valence-corrected chi connectivity index (χ1v) is 33.6. The molecule has 0 radical (unpaired) electrons. The fourth-order valence-electron chi connectivity index (χ4n) is 18.0. The zero-order chi connectivity index (χ0) is 53.6. The summed E-state index contributed by atoms with van der Waals surface area (Å²) in [5.41, 5.74) is 6.07. The van der Waals surface area contributed by atoms with Gasteiger partial charge in [0.05, 0.1) is 26.2 Å². The van der Waals surface area contributed by atoms with E-state index in [0.717, 1.165) is 52.4 Å². The van der Waals surface area contributed by atoms with Crippen molar-refractivity contribution in [2.24, 2.45) is 0 Å². The van der Waals surface area contributed by atoms with E-state index in [9.17, 15) is 0 Å². The molecule has 14 aliphatic heterocycles. The molecule has 2 N–H and O–H groups in total. The lowest BCUT2D eigenvalue weighted by molar-refractivity contribution is -0.989. The molecular formula is C64H110N16+2. The molecule has 14 saturated heterocycles. The molecule has 80 heavy (non-hydrogen) atoms. The number of hydrogen-bond donors (Lipinski definition) is 2. The predicted octanol–water partition coefficient (Wildman–Crippen LogP) is 2.40. The molecule has 16 nitrogen and oxygen atoms in total. The van der Waals surface area contributed by atoms with Crippen LogP contribution in [-0.2, 0) is 26.2 Å². The number of rotatable bonds is 8. The summed E-state index contributed by atoms with van der Waals surface area (Å²) in [6.07, 6.45) is 13.2. The van der Waals surface area contributed by atoms with Gasteiger partial charge in [0.2, 0.25) is 0 Å². The molecule has 0 aliphatic carbocycles. The average Bonchev–Trinajstić information content (AvgIpc) is 3.64. The second-order valence-electron chi connectivity index (χ2n) is 27.4. The molecule has 6 atom stereocenters. The Bertz CT molecular complexity index is 2030. The van der Waals surface area contributed by atoms with Crippen LogP contribution in [0.25, 0.3) is 0 Å². The lowest BCUT2D eigenvalue weighted by atomic mass is 9.95. The normalized spacial score (nSPS) is 37.1. The highest BCUT2D eigenvalue weighted by atomic mass is 15.6. The number of nitrogens with one attached hydrogen (secondary N) is 2. The molecule has 16 rings (SSSR count). The molecule has 6 unspecified atom stereocenters. The summed E-state index contributed by atoms with van der Waals surface area (Å²) in [7, 11) is 0. The molecule has 0 saturated carbocycles. The van der Waals surface area contributed by atoms with Gasteiger partial charge in [-0.15, -0.1) is 0 Å². The van der Waals surface area contributed by atoms with Gasteiger partial charge in [0, 0.05) is 194 Å². The van der Waals surface area contributed by atoms with Crippen LogP contribution in [0.4, 0.5) is 0 Å². The Balaban J connectivity index is 0.000000151. The standard InChI is InChI=1S/C32H52N8.C32H58N8/c1-9-33-15-17-37-13-3-21-39(23-19-35(11-1)29(33)31(37)39)25-27-5-7-28(8-6-27)26-40-22-4-14-38-18-16-34-10-2-12-36(20-24-40)30(34)32(38)40;1-9-33-11-19-39(17-3-15-37-25-21-35(13-1)22-26-37)29-31-5-7-32(8-6-31)30-40-18-4-16-38-27-23-36(24-28-38)14-2-10-34-12-20-40/h5-8,29-32H,1-4,9-26H2;5-8,33-34H,1-4,9-30H2/q+2;. The Morgan fingerprint density at radius 3 is 1.04 bits per heavy atom. The van der Waals surface area contributed by atoms with Crippen LogP contribution in [0.1, 0.15) is 73.6 Å². The quantitative estimate of drug-likeness (QED) is 0.381. The number of hydrogen-bond acceptors (Lipinski definition) is 14. The smallest absolute Gasteiger partial charge is 0.175 e. The first-order valence-electron chi connectivity index (χ1n) is 33.6. The van der Waals surface area contributed by atoms with E-state index < -0.39 is 0 Å². The van der Waals surface area contributed by atoms with Gasteiger partial charge in [-0.2, -0.15) is 0 Å². The van der Waals surface area contributed by atoms with Gasteiger partial charge in [-0.3, -0.25) is 39.2 Å². The zero-order valence-electron chi connectivity index (χ0n) is 50.1. The maximum absolute atomic E-state index is 3.71. The molecular weight excluding hydrogens is 993 g/mol. The Labute approximate surface area is 485 Å². The maximum Gasteiger partial charge on any atom is 0.175 e. The molecule has 0 aromatic heterocycles. The highest BCUT2D eigenvalue weighted by molar-refractivity contribution is 5.23. The van der Waals surface area contributed by atoms with Gasteiger partial charge in [-0.1, -0.05) is 48.5 Å². The molecule has 0 amide bonds. The SMILES string of the molecule is c1cc(CN2CCCN3CCN(CCCNCC2)CC3)ccc1CN1CCCN2CCN(CCCNCC1)CC2.c1cc(C[N+]23CCCN4CCN5CCCN(CC2)C5C43)ccc1C[N+]12CCCN3CCN4CCCN(CC1)C4C32. The molecule has 16 heteroatoms. The monoisotopic (exact) mass is 1100 g/mol. The van der Waals surface area contributed by atoms with Crippen LogP contribution in [0.5, 0.6) is 0 Å². The van der Waals surface area contributed by atoms with Crippen molar-refractivity contribution in [3.63, 3.8) is 0 Å². The van der Waals surface area contributed by atoms with E-state index in [-0.39, 0.29) is 0 Å². The highest BCUT2D eigenvalue weighted by Crippen LogP contribution is 2.41. The zero-order valence-corrected chi connectivity index (χ0v) is 50.1. The lowest BCUT2D eigenvalue weighted by Crippen LogP contribution is -2.82. The summed E-state index contributed by atoms with van der Waals surface area (Å²) >= 11 is 0. The van der Waals surface area contributed by atoms with E-state index in [1.807, 2.05) is 0 Å². The minimum atomic E-state index is 0.655. The molecule has 2 aromatic carbocycles. The van der Waals surface area contributed by atoms with Crippen molar-refractivity contribution in [3.8, 4) is 0 Å². The van der Waals surface area contributed by atoms with E-state index in [4.69, 9.17) is 0 Å². The van der Waals surface area contributed by atoms with E-state index >= 15 is 0 Å². The fraction of sp³-hybridized carbons (Fsp3) is 0.812. The summed E-state index contributed by atoms with van der Waals surface area (Å²) in [5, 5.41) is 7.43. The second kappa shape index (κ2) is 27.0. The van der Waals surface area contributed by atoms with Crippen molar-refractivity contribution in [3.05, 3.63) is 70.8 Å². The van der Waals surface area contributed by atoms with Crippen LogP contribution in [-0.4, -0.2) is 328 Å². The van der Waals surface area contributed by atoms with E-state index in [1.165, 1.54) is 281 Å². The van der Waals surface area contributed by atoms with Crippen molar-refractivity contribution in [2.75, 3.05) is 236 Å². The third-order valence-electron chi connectivity index (χ3n) is 22.3. The van der Waals surface area contributed by atoms with Gasteiger partial charge in [-0.25, -0.2) is 0 Å². The summed E-state index contributed by atoms with van der Waals surface area (Å²) in [5.74, 6) is 0. The number of fused-ring (bicyclic) bond motifs is 22. The van der Waals surface area contributed by atoms with Gasteiger partial charge in [0.25, 0.3) is 0 Å². The van der Waals surface area contributed by atoms with Crippen molar-refractivity contribution in [2.45, 2.75) is 102 Å². The second-order valence-corrected chi connectivity index (χ2v) is 27.4. The topological polar surface area (TPSA) is 62.9 Å². The van der Waals surface area contributed by atoms with Crippen molar-refractivity contribution >= 4 is 0 Å². The largest absolute Gasteiger partial charge is 0.315 e. The third-order valence-corrected chi connectivity index (χ3v) is 22.3. The Morgan fingerprint density at radius 1 is 0.287 bits per heavy atom. The fourth-order valence-corrected chi connectivity index (χ4v) is 18.0. The summed E-state index contributed by atoms with van der Waals surface area (Å²) in [6.45, 7) is 49.7. The molecule has 14 heterocycles. The Morgan fingerprint density at radius 2 is 0.625 bits per heavy atom. The maximum atomic E-state index is 3.71. The Kier molecular flexibility index (Phi) is 19.2. The van der Waals surface area contributed by atoms with E-state index in [2.05, 4.69) is 118 Å². The van der Waals surface area contributed by atoms with E-state index in [1.54, 1.807) is 11.1 Å². The molecule has 2 aromatic rings. The van der Waals surface area contributed by atoms with Gasteiger partial charge >= 0.3 is 0 Å². The molecule has 4 bridgehead atoms. The molecule has 14 fully saturated rings. The Hall–Kier alpha value is -2.20. The van der Waals surface area contributed by atoms with Crippen LogP contribution in [0.15, 0.2) is 48.5 Å². The summed E-state index contributed by atoms with van der Waals surface area (Å²) in [4.78, 5) is 33.2. The van der Waals surface area contributed by atoms with Crippen molar-refractivity contribution in [1.82, 2.24) is 69.4 Å². The molecule has 0 spiro atoms. The number of benzene rings is 2. The minimum Gasteiger partial charge on any atom is -0.315 e. The first kappa shape index (κ1) is 56.9. The highest BCUT2D eigenvalue weighted by Gasteiger charge is 2.59. The predicted molar refractivity (Wildman–Crippen MR) is 324 cm³/mol. The van der Waals surface area contributed by atoms with Gasteiger partial charge < -0.3 is 39.2 Å². The number of nitrogens with zero attached hydrogens (tertiary/aromatic N) is 14. The van der Waals surface area contributed by atoms with Crippen LogP contribution >= 0.6 is 0 Å². The number of quaternary nitrogens is 2. The van der Waals surface area contributed by atoms with E-state index in [0.29, 0.717) is 24.7 Å². The first-order chi connectivity index (χ1) is 39.5. The lowest BCUT2D eigenvalue weighted by Gasteiger charge is -2.65. The molecule has 444 valence electrons. The summed E-state index contributed by atoms with van der Waals surface area (Å²) < 4.78 is 2.61.